The fourth-order valence-corrected chi connectivity index (χ4v) is 1.88. The van der Waals surface area contributed by atoms with Crippen LogP contribution < -0.4 is 0 Å². The number of esters is 1. The fraction of sp³-hybridized carbons (Fsp3) is 0.417. The Morgan fingerprint density at radius 2 is 2.10 bits per heavy atom. The molecule has 0 saturated carbocycles. The Morgan fingerprint density at radius 1 is 1.52 bits per heavy atom. The number of aliphatic hydroxyl groups is 1. The van der Waals surface area contributed by atoms with Crippen LogP contribution in [0.1, 0.15) is 18.3 Å². The molecule has 0 aliphatic rings. The van der Waals surface area contributed by atoms with Gasteiger partial charge in [-0.05, 0) is 13.8 Å². The summed E-state index contributed by atoms with van der Waals surface area (Å²) in [5.41, 5.74) is -0.487. The summed E-state index contributed by atoms with van der Waals surface area (Å²) in [6.07, 6.45) is 0. The molecule has 9 nitrogen and oxygen atoms in total. The Bertz CT molecular complexity index is 657. The maximum Gasteiger partial charge on any atom is 0.343 e. The highest BCUT2D eigenvalue weighted by atomic mass is 16.6. The molecular formula is C12H16N4O5. The van der Waals surface area contributed by atoms with Crippen molar-refractivity contribution in [2.75, 3.05) is 14.2 Å². The molecular weight excluding hydrogens is 280 g/mol. The molecule has 0 bridgehead atoms. The summed E-state index contributed by atoms with van der Waals surface area (Å²) in [5.74, 6) is -1.44. The second kappa shape index (κ2) is 6.16. The lowest BCUT2D eigenvalue weighted by molar-refractivity contribution is -0.385. The van der Waals surface area contributed by atoms with E-state index in [0.29, 0.717) is 0 Å². The minimum atomic E-state index is -0.844. The van der Waals surface area contributed by atoms with Gasteiger partial charge in [0.1, 0.15) is 11.3 Å². The minimum Gasteiger partial charge on any atom is -0.505 e. The minimum absolute atomic E-state index is 0.124. The van der Waals surface area contributed by atoms with Crippen molar-refractivity contribution in [2.45, 2.75) is 13.8 Å². The molecule has 21 heavy (non-hydrogen) atoms. The van der Waals surface area contributed by atoms with Crippen LogP contribution in [0, 0.1) is 17.0 Å². The summed E-state index contributed by atoms with van der Waals surface area (Å²) in [4.78, 5) is 26.1. The molecule has 1 aromatic rings. The van der Waals surface area contributed by atoms with Gasteiger partial charge in [0.2, 0.25) is 0 Å². The summed E-state index contributed by atoms with van der Waals surface area (Å²) in [6.45, 7) is 2.92. The van der Waals surface area contributed by atoms with Crippen molar-refractivity contribution in [1.82, 2.24) is 9.78 Å². The number of nitro groups is 1. The van der Waals surface area contributed by atoms with Crippen LogP contribution >= 0.6 is 0 Å². The highest BCUT2D eigenvalue weighted by molar-refractivity contribution is 6.23. The summed E-state index contributed by atoms with van der Waals surface area (Å²) < 4.78 is 5.72. The van der Waals surface area contributed by atoms with E-state index in [4.69, 9.17) is 0 Å². The monoisotopic (exact) mass is 296 g/mol. The average molecular weight is 296 g/mol. The first-order valence-electron chi connectivity index (χ1n) is 5.89. The van der Waals surface area contributed by atoms with Gasteiger partial charge in [0.15, 0.2) is 11.5 Å². The van der Waals surface area contributed by atoms with Gasteiger partial charge in [0.25, 0.3) is 0 Å². The van der Waals surface area contributed by atoms with Gasteiger partial charge in [0, 0.05) is 19.8 Å². The summed E-state index contributed by atoms with van der Waals surface area (Å²) >= 11 is 0. The predicted octanol–water partition coefficient (Wildman–Crippen LogP) is 1.17. The van der Waals surface area contributed by atoms with Gasteiger partial charge < -0.3 is 9.84 Å². The van der Waals surface area contributed by atoms with Crippen molar-refractivity contribution < 1.29 is 19.6 Å². The highest BCUT2D eigenvalue weighted by Gasteiger charge is 2.31. The third kappa shape index (κ3) is 2.91. The standard InChI is InChI=1S/C12H16N4O5/c1-6(13-3)8(12(18)21-5)11(17)10-9(16(19)20)7(2)14-15(10)4/h17H,1-5H3/b11-8-,13-6?. The Hall–Kier alpha value is -2.71. The molecule has 9 heteroatoms. The number of nitrogens with zero attached hydrogens (tertiary/aromatic N) is 4. The lowest BCUT2D eigenvalue weighted by atomic mass is 10.1. The maximum atomic E-state index is 11.8. The first-order chi connectivity index (χ1) is 9.76. The van der Waals surface area contributed by atoms with Gasteiger partial charge in [0.05, 0.1) is 12.0 Å². The fourth-order valence-electron chi connectivity index (χ4n) is 1.88. The third-order valence-electron chi connectivity index (χ3n) is 2.92. The normalized spacial score (nSPS) is 12.9. The zero-order valence-corrected chi connectivity index (χ0v) is 12.4. The molecule has 1 heterocycles. The molecule has 0 aliphatic carbocycles. The number of aliphatic hydroxyl groups excluding tert-OH is 1. The van der Waals surface area contributed by atoms with E-state index in [1.54, 1.807) is 0 Å². The first-order valence-corrected chi connectivity index (χ1v) is 5.89. The van der Waals surface area contributed by atoms with E-state index in [9.17, 15) is 20.0 Å². The van der Waals surface area contributed by atoms with Crippen LogP contribution in [0.25, 0.3) is 5.76 Å². The first kappa shape index (κ1) is 16.3. The number of methoxy groups -OCH3 is 1. The number of hydrogen-bond acceptors (Lipinski definition) is 7. The largest absolute Gasteiger partial charge is 0.505 e. The van der Waals surface area contributed by atoms with E-state index >= 15 is 0 Å². The number of rotatable bonds is 4. The van der Waals surface area contributed by atoms with Gasteiger partial charge in [-0.2, -0.15) is 5.10 Å². The van der Waals surface area contributed by atoms with E-state index in [1.807, 2.05) is 0 Å². The van der Waals surface area contributed by atoms with Gasteiger partial charge >= 0.3 is 11.7 Å². The van der Waals surface area contributed by atoms with Crippen LogP contribution in [0.4, 0.5) is 5.69 Å². The SMILES string of the molecule is CN=C(C)/C(C(=O)OC)=C(/O)c1c([N+](=O)[O-])c(C)nn1C. The third-order valence-corrected chi connectivity index (χ3v) is 2.92. The zero-order chi connectivity index (χ0) is 16.3. The van der Waals surface area contributed by atoms with Crippen LogP contribution in [0.2, 0.25) is 0 Å². The Morgan fingerprint density at radius 3 is 2.52 bits per heavy atom. The average Bonchev–Trinajstić information content (AvgIpc) is 2.72. The van der Waals surface area contributed by atoms with E-state index in [0.717, 1.165) is 11.8 Å². The molecule has 1 aromatic heterocycles. The molecule has 0 aromatic carbocycles. The maximum absolute atomic E-state index is 11.8. The van der Waals surface area contributed by atoms with Crippen molar-refractivity contribution in [3.63, 3.8) is 0 Å². The Balaban J connectivity index is 3.74. The predicted molar refractivity (Wildman–Crippen MR) is 75.2 cm³/mol. The Labute approximate surface area is 120 Å². The topological polar surface area (TPSA) is 120 Å². The van der Waals surface area contributed by atoms with E-state index in [2.05, 4.69) is 14.8 Å². The van der Waals surface area contributed by atoms with Crippen LogP contribution in [-0.4, -0.2) is 45.6 Å². The van der Waals surface area contributed by atoms with Crippen LogP contribution in [0.3, 0.4) is 0 Å². The number of ether oxygens (including phenoxy) is 1. The van der Waals surface area contributed by atoms with Crippen LogP contribution in [-0.2, 0) is 16.6 Å². The quantitative estimate of drug-likeness (QED) is 0.222. The van der Waals surface area contributed by atoms with Gasteiger partial charge in [-0.25, -0.2) is 4.79 Å². The molecule has 0 radical (unpaired) electrons. The second-order valence-electron chi connectivity index (χ2n) is 4.19. The second-order valence-corrected chi connectivity index (χ2v) is 4.19. The molecule has 0 saturated heterocycles. The summed E-state index contributed by atoms with van der Waals surface area (Å²) in [7, 11) is 3.99. The Kier molecular flexibility index (Phi) is 4.79. The smallest absolute Gasteiger partial charge is 0.343 e. The summed E-state index contributed by atoms with van der Waals surface area (Å²) in [5, 5.41) is 25.4. The molecule has 0 unspecified atom stereocenters. The van der Waals surface area contributed by atoms with Gasteiger partial charge in [-0.15, -0.1) is 0 Å². The molecule has 0 amide bonds. The van der Waals surface area contributed by atoms with Crippen molar-refractivity contribution in [3.8, 4) is 0 Å². The van der Waals surface area contributed by atoms with E-state index < -0.39 is 16.7 Å². The number of carbonyl (C=O) groups excluding carboxylic acids is 1. The molecule has 1 N–H and O–H groups in total. The molecule has 114 valence electrons. The van der Waals surface area contributed by atoms with Crippen molar-refractivity contribution >= 4 is 23.1 Å². The molecule has 0 spiro atoms. The van der Waals surface area contributed by atoms with Gasteiger partial charge in [-0.3, -0.25) is 19.8 Å². The van der Waals surface area contributed by atoms with E-state index in [1.165, 1.54) is 27.9 Å². The number of aromatic nitrogens is 2. The van der Waals surface area contributed by atoms with Crippen molar-refractivity contribution in [2.24, 2.45) is 12.0 Å². The van der Waals surface area contributed by atoms with Crippen molar-refractivity contribution in [3.05, 3.63) is 27.1 Å². The van der Waals surface area contributed by atoms with Crippen LogP contribution in [0.15, 0.2) is 10.6 Å². The van der Waals surface area contributed by atoms with E-state index in [-0.39, 0.29) is 28.4 Å². The highest BCUT2D eigenvalue weighted by Crippen LogP contribution is 2.29. The lowest BCUT2D eigenvalue weighted by Crippen LogP contribution is -2.16. The number of aliphatic imine (C=N–C) groups is 1. The molecule has 0 fully saturated rings. The molecule has 1 rings (SSSR count). The lowest BCUT2D eigenvalue weighted by Gasteiger charge is -2.08. The molecule has 0 atom stereocenters. The van der Waals surface area contributed by atoms with Gasteiger partial charge in [-0.1, -0.05) is 0 Å². The number of aryl methyl sites for hydroxylation is 2. The van der Waals surface area contributed by atoms with Crippen LogP contribution in [0.5, 0.6) is 0 Å². The van der Waals surface area contributed by atoms with Crippen molar-refractivity contribution in [1.29, 1.82) is 0 Å². The number of carbonyl (C=O) groups is 1. The summed E-state index contributed by atoms with van der Waals surface area (Å²) in [6, 6.07) is 0. The number of hydrogen-bond donors (Lipinski definition) is 1. The zero-order valence-electron chi connectivity index (χ0n) is 12.4. The molecule has 0 aliphatic heterocycles.